The Hall–Kier alpha value is -3.19. The molecule has 5 nitrogen and oxygen atoms in total. The van der Waals surface area contributed by atoms with Gasteiger partial charge in [-0.3, -0.25) is 4.79 Å². The monoisotopic (exact) mass is 425 g/mol. The van der Waals surface area contributed by atoms with Crippen molar-refractivity contribution in [2.45, 2.75) is 30.3 Å². The molecule has 30 heavy (non-hydrogen) atoms. The molecule has 0 aliphatic heterocycles. The zero-order valence-corrected chi connectivity index (χ0v) is 16.9. The van der Waals surface area contributed by atoms with E-state index in [2.05, 4.69) is 0 Å². The molecule has 154 valence electrons. The van der Waals surface area contributed by atoms with E-state index in [1.165, 1.54) is 0 Å². The third-order valence-corrected chi connectivity index (χ3v) is 6.12. The number of halogens is 1. The fraction of sp³-hybridized carbons (Fsp3) is 0.174. The lowest BCUT2D eigenvalue weighted by Gasteiger charge is -2.23. The van der Waals surface area contributed by atoms with Crippen molar-refractivity contribution in [2.24, 2.45) is 0 Å². The number of hydrogen-bond acceptors (Lipinski definition) is 4. The molecule has 0 unspecified atom stereocenters. The van der Waals surface area contributed by atoms with Gasteiger partial charge in [-0.05, 0) is 66.9 Å². The number of amides is 1. The first kappa shape index (κ1) is 20.1. The van der Waals surface area contributed by atoms with Crippen LogP contribution >= 0.6 is 0 Å². The van der Waals surface area contributed by atoms with E-state index in [1.807, 2.05) is 23.1 Å². The number of carbonyl (C=O) groups excluding carboxylic acids is 1. The first-order valence-corrected chi connectivity index (χ1v) is 11.0. The summed E-state index contributed by atoms with van der Waals surface area (Å²) in [5.74, 6) is -0.392. The minimum Gasteiger partial charge on any atom is -0.379 e. The summed E-state index contributed by atoms with van der Waals surface area (Å²) in [6.07, 6.45) is 1.96. The first-order valence-electron chi connectivity index (χ1n) is 9.57. The molecular weight excluding hydrogens is 405 g/mol. The van der Waals surface area contributed by atoms with Gasteiger partial charge < -0.3 is 9.08 Å². The summed E-state index contributed by atoms with van der Waals surface area (Å²) in [6.45, 7) is 0.434. The summed E-state index contributed by atoms with van der Waals surface area (Å²) >= 11 is 0. The highest BCUT2D eigenvalue weighted by molar-refractivity contribution is 7.87. The molecule has 3 aromatic carbocycles. The summed E-state index contributed by atoms with van der Waals surface area (Å²) in [4.78, 5) is 14.6. The summed E-state index contributed by atoms with van der Waals surface area (Å²) < 4.78 is 42.8. The third kappa shape index (κ3) is 4.68. The van der Waals surface area contributed by atoms with Gasteiger partial charge in [-0.2, -0.15) is 8.42 Å². The molecule has 0 aromatic heterocycles. The molecule has 0 N–H and O–H groups in total. The summed E-state index contributed by atoms with van der Waals surface area (Å²) in [5.41, 5.74) is 1.52. The van der Waals surface area contributed by atoms with E-state index in [0.29, 0.717) is 12.1 Å². The quantitative estimate of drug-likeness (QED) is 0.527. The zero-order chi connectivity index (χ0) is 21.1. The molecular formula is C23H20FNO4S. The Bertz CT molecular complexity index is 1130. The zero-order valence-electron chi connectivity index (χ0n) is 16.1. The van der Waals surface area contributed by atoms with Crippen LogP contribution in [0.4, 0.5) is 4.39 Å². The molecule has 1 aliphatic rings. The van der Waals surface area contributed by atoms with Crippen molar-refractivity contribution in [3.8, 4) is 5.75 Å². The smallest absolute Gasteiger partial charge is 0.339 e. The Balaban J connectivity index is 1.46. The van der Waals surface area contributed by atoms with E-state index < -0.39 is 15.9 Å². The molecule has 0 radical (unpaired) electrons. The summed E-state index contributed by atoms with van der Waals surface area (Å²) in [7, 11) is -4.05. The van der Waals surface area contributed by atoms with Crippen molar-refractivity contribution in [1.29, 1.82) is 0 Å². The van der Waals surface area contributed by atoms with Crippen LogP contribution in [0.15, 0.2) is 83.8 Å². The van der Waals surface area contributed by atoms with Crippen LogP contribution in [0.25, 0.3) is 0 Å². The SMILES string of the molecule is O=C(c1ccccc1)N(Cc1ccc(OS(=O)(=O)c2ccc(F)cc2)cc1)C1CC1. The van der Waals surface area contributed by atoms with E-state index in [9.17, 15) is 17.6 Å². The Morgan fingerprint density at radius 3 is 2.17 bits per heavy atom. The van der Waals surface area contributed by atoms with Crippen molar-refractivity contribution in [1.82, 2.24) is 4.90 Å². The fourth-order valence-corrected chi connectivity index (χ4v) is 4.05. The van der Waals surface area contributed by atoms with Gasteiger partial charge in [0.15, 0.2) is 0 Å². The van der Waals surface area contributed by atoms with Crippen LogP contribution in [-0.4, -0.2) is 25.3 Å². The molecule has 7 heteroatoms. The fourth-order valence-electron chi connectivity index (χ4n) is 3.12. The van der Waals surface area contributed by atoms with Crippen LogP contribution in [0.3, 0.4) is 0 Å². The average Bonchev–Trinajstić information content (AvgIpc) is 3.59. The second-order valence-corrected chi connectivity index (χ2v) is 8.71. The summed E-state index contributed by atoms with van der Waals surface area (Å²) in [5, 5.41) is 0. The van der Waals surface area contributed by atoms with E-state index in [-0.39, 0.29) is 22.6 Å². The highest BCUT2D eigenvalue weighted by Gasteiger charge is 2.33. The largest absolute Gasteiger partial charge is 0.379 e. The molecule has 1 aliphatic carbocycles. The van der Waals surface area contributed by atoms with Crippen LogP contribution in [0.2, 0.25) is 0 Å². The van der Waals surface area contributed by atoms with Gasteiger partial charge in [0, 0.05) is 18.2 Å². The van der Waals surface area contributed by atoms with E-state index in [0.717, 1.165) is 42.7 Å². The van der Waals surface area contributed by atoms with Gasteiger partial charge in [0.25, 0.3) is 5.91 Å². The third-order valence-electron chi connectivity index (χ3n) is 4.85. The lowest BCUT2D eigenvalue weighted by atomic mass is 10.1. The highest BCUT2D eigenvalue weighted by Crippen LogP contribution is 2.30. The molecule has 1 saturated carbocycles. The number of carbonyl (C=O) groups is 1. The van der Waals surface area contributed by atoms with Crippen molar-refractivity contribution in [2.75, 3.05) is 0 Å². The van der Waals surface area contributed by atoms with Gasteiger partial charge in [0.2, 0.25) is 0 Å². The molecule has 3 aromatic rings. The maximum Gasteiger partial charge on any atom is 0.339 e. The van der Waals surface area contributed by atoms with E-state index >= 15 is 0 Å². The molecule has 0 heterocycles. The Labute approximate surface area is 174 Å². The van der Waals surface area contributed by atoms with Crippen LogP contribution in [-0.2, 0) is 16.7 Å². The van der Waals surface area contributed by atoms with Gasteiger partial charge in [-0.15, -0.1) is 0 Å². The number of benzene rings is 3. The van der Waals surface area contributed by atoms with Crippen LogP contribution in [0.5, 0.6) is 5.75 Å². The predicted octanol–water partition coefficient (Wildman–Crippen LogP) is 4.40. The number of nitrogens with zero attached hydrogens (tertiary/aromatic N) is 1. The van der Waals surface area contributed by atoms with Gasteiger partial charge in [-0.1, -0.05) is 30.3 Å². The van der Waals surface area contributed by atoms with Crippen LogP contribution in [0, 0.1) is 5.82 Å². The molecule has 0 saturated heterocycles. The number of hydrogen-bond donors (Lipinski definition) is 0. The second kappa shape index (κ2) is 8.28. The van der Waals surface area contributed by atoms with E-state index in [4.69, 9.17) is 4.18 Å². The van der Waals surface area contributed by atoms with Crippen molar-refractivity contribution < 1.29 is 21.8 Å². The highest BCUT2D eigenvalue weighted by atomic mass is 32.2. The molecule has 1 amide bonds. The Morgan fingerprint density at radius 1 is 0.933 bits per heavy atom. The van der Waals surface area contributed by atoms with Gasteiger partial charge in [0.05, 0.1) is 0 Å². The average molecular weight is 425 g/mol. The topological polar surface area (TPSA) is 63.7 Å². The summed E-state index contributed by atoms with van der Waals surface area (Å²) in [6, 6.07) is 20.4. The van der Waals surface area contributed by atoms with Gasteiger partial charge >= 0.3 is 10.1 Å². The van der Waals surface area contributed by atoms with Crippen LogP contribution in [0.1, 0.15) is 28.8 Å². The Morgan fingerprint density at radius 2 is 1.57 bits per heavy atom. The maximum atomic E-state index is 13.0. The van der Waals surface area contributed by atoms with Crippen molar-refractivity contribution in [3.63, 3.8) is 0 Å². The minimum absolute atomic E-state index is 0.0164. The second-order valence-electron chi connectivity index (χ2n) is 7.17. The molecule has 1 fully saturated rings. The minimum atomic E-state index is -4.05. The molecule has 0 bridgehead atoms. The molecule has 4 rings (SSSR count). The first-order chi connectivity index (χ1) is 14.4. The molecule has 0 atom stereocenters. The van der Waals surface area contributed by atoms with Gasteiger partial charge in [-0.25, -0.2) is 4.39 Å². The predicted molar refractivity (Wildman–Crippen MR) is 110 cm³/mol. The Kier molecular flexibility index (Phi) is 5.55. The maximum absolute atomic E-state index is 13.0. The van der Waals surface area contributed by atoms with Gasteiger partial charge in [0.1, 0.15) is 16.5 Å². The number of rotatable bonds is 7. The van der Waals surface area contributed by atoms with Crippen LogP contribution < -0.4 is 4.18 Å². The van der Waals surface area contributed by atoms with E-state index in [1.54, 1.807) is 36.4 Å². The van der Waals surface area contributed by atoms with Crippen molar-refractivity contribution in [3.05, 3.63) is 95.8 Å². The molecule has 0 spiro atoms. The van der Waals surface area contributed by atoms with Crippen molar-refractivity contribution >= 4 is 16.0 Å². The lowest BCUT2D eigenvalue weighted by Crippen LogP contribution is -2.32. The normalized spacial score (nSPS) is 13.6. The lowest BCUT2D eigenvalue weighted by molar-refractivity contribution is 0.0730. The standard InChI is InChI=1S/C23H20FNO4S/c24-19-8-14-22(15-9-19)30(27,28)29-21-12-6-17(7-13-21)16-25(20-10-11-20)23(26)18-4-2-1-3-5-18/h1-9,12-15,20H,10-11,16H2.